The number of nitrogens with zero attached hydrogens (tertiary/aromatic N) is 2. The van der Waals surface area contributed by atoms with Gasteiger partial charge in [-0.25, -0.2) is 8.78 Å². The lowest BCUT2D eigenvalue weighted by Gasteiger charge is -2.05. The molecule has 0 unspecified atom stereocenters. The molecule has 0 atom stereocenters. The van der Waals surface area contributed by atoms with Crippen molar-refractivity contribution in [2.45, 2.75) is 10.1 Å². The van der Waals surface area contributed by atoms with Gasteiger partial charge in [0.1, 0.15) is 11.6 Å². The fraction of sp³-hybridized carbons (Fsp3) is 0.111. The van der Waals surface area contributed by atoms with Crippen LogP contribution >= 0.6 is 23.1 Å². The normalized spacial score (nSPS) is 10.5. The predicted octanol–water partition coefficient (Wildman–Crippen LogP) is 3.48. The first kappa shape index (κ1) is 19.9. The molecule has 3 aromatic rings. The Morgan fingerprint density at radius 2 is 1.75 bits per heavy atom. The monoisotopic (exact) mass is 420 g/mol. The molecule has 2 N–H and O–H groups in total. The molecule has 0 aliphatic rings. The highest BCUT2D eigenvalue weighted by Gasteiger charge is 2.13. The van der Waals surface area contributed by atoms with E-state index in [1.807, 2.05) is 30.3 Å². The summed E-state index contributed by atoms with van der Waals surface area (Å²) < 4.78 is 27.0. The van der Waals surface area contributed by atoms with Crippen molar-refractivity contribution in [1.29, 1.82) is 0 Å². The van der Waals surface area contributed by atoms with Crippen molar-refractivity contribution in [2.75, 3.05) is 11.9 Å². The van der Waals surface area contributed by atoms with Crippen molar-refractivity contribution in [2.24, 2.45) is 0 Å². The second-order valence-corrected chi connectivity index (χ2v) is 7.74. The molecule has 0 aliphatic carbocycles. The fourth-order valence-electron chi connectivity index (χ4n) is 2.15. The maximum atomic E-state index is 13.1. The summed E-state index contributed by atoms with van der Waals surface area (Å²) in [7, 11) is 0. The van der Waals surface area contributed by atoms with Gasteiger partial charge in [0.25, 0.3) is 5.91 Å². The quantitative estimate of drug-likeness (QED) is 0.452. The zero-order valence-electron chi connectivity index (χ0n) is 14.3. The van der Waals surface area contributed by atoms with Crippen LogP contribution in [-0.4, -0.2) is 28.6 Å². The average Bonchev–Trinajstić information content (AvgIpc) is 3.12. The van der Waals surface area contributed by atoms with Gasteiger partial charge in [0, 0.05) is 17.4 Å². The molecular formula is C18H14F2N4O2S2. The molecule has 1 aromatic heterocycles. The molecule has 3 rings (SSSR count). The van der Waals surface area contributed by atoms with Gasteiger partial charge >= 0.3 is 0 Å². The van der Waals surface area contributed by atoms with Crippen molar-refractivity contribution < 1.29 is 18.4 Å². The first-order chi connectivity index (χ1) is 13.5. The maximum Gasteiger partial charge on any atom is 0.251 e. The van der Waals surface area contributed by atoms with Crippen LogP contribution in [-0.2, 0) is 10.5 Å². The second-order valence-electron chi connectivity index (χ2n) is 5.54. The molecule has 1 heterocycles. The van der Waals surface area contributed by atoms with Crippen molar-refractivity contribution in [3.63, 3.8) is 0 Å². The van der Waals surface area contributed by atoms with Crippen LogP contribution in [0.4, 0.5) is 13.9 Å². The highest BCUT2D eigenvalue weighted by molar-refractivity contribution is 8.00. The Kier molecular flexibility index (Phi) is 6.66. The maximum absolute atomic E-state index is 13.1. The van der Waals surface area contributed by atoms with Crippen molar-refractivity contribution in [3.8, 4) is 0 Å². The molecule has 6 nitrogen and oxygen atoms in total. The smallest absolute Gasteiger partial charge is 0.251 e. The molecular weight excluding hydrogens is 406 g/mol. The Bertz CT molecular complexity index is 962. The molecule has 144 valence electrons. The molecule has 0 saturated carbocycles. The first-order valence-corrected chi connectivity index (χ1v) is 9.84. The SMILES string of the molecule is O=C(CNC(=O)c1cc(F)cc(F)c1)Nc1nnc(SCc2ccccc2)s1. The molecule has 0 aliphatic heterocycles. The zero-order valence-corrected chi connectivity index (χ0v) is 15.9. The summed E-state index contributed by atoms with van der Waals surface area (Å²) >= 11 is 2.70. The van der Waals surface area contributed by atoms with E-state index < -0.39 is 23.4 Å². The topological polar surface area (TPSA) is 84.0 Å². The Morgan fingerprint density at radius 3 is 2.46 bits per heavy atom. The number of nitrogens with one attached hydrogen (secondary N) is 2. The van der Waals surface area contributed by atoms with Gasteiger partial charge in [-0.2, -0.15) is 0 Å². The summed E-state index contributed by atoms with van der Waals surface area (Å²) in [6.45, 7) is -0.372. The number of hydrogen-bond donors (Lipinski definition) is 2. The van der Waals surface area contributed by atoms with Crippen LogP contribution in [0.25, 0.3) is 0 Å². The van der Waals surface area contributed by atoms with E-state index in [4.69, 9.17) is 0 Å². The standard InChI is InChI=1S/C18H14F2N4O2S2/c19-13-6-12(7-14(20)8-13)16(26)21-9-15(25)22-17-23-24-18(28-17)27-10-11-4-2-1-3-5-11/h1-8H,9-10H2,(H,21,26)(H,22,23,25). The van der Waals surface area contributed by atoms with Gasteiger partial charge in [-0.1, -0.05) is 53.4 Å². The number of aromatic nitrogens is 2. The largest absolute Gasteiger partial charge is 0.343 e. The Balaban J connectivity index is 1.47. The lowest BCUT2D eigenvalue weighted by molar-refractivity contribution is -0.115. The van der Waals surface area contributed by atoms with Crippen molar-refractivity contribution in [3.05, 3.63) is 71.3 Å². The minimum absolute atomic E-state index is 0.208. The lowest BCUT2D eigenvalue weighted by Crippen LogP contribution is -2.32. The minimum Gasteiger partial charge on any atom is -0.343 e. The predicted molar refractivity (Wildman–Crippen MR) is 103 cm³/mol. The van der Waals surface area contributed by atoms with Crippen LogP contribution < -0.4 is 10.6 Å². The van der Waals surface area contributed by atoms with Crippen LogP contribution in [0.5, 0.6) is 0 Å². The van der Waals surface area contributed by atoms with E-state index in [2.05, 4.69) is 20.8 Å². The third-order valence-electron chi connectivity index (χ3n) is 3.39. The van der Waals surface area contributed by atoms with Crippen LogP contribution in [0.2, 0.25) is 0 Å². The lowest BCUT2D eigenvalue weighted by atomic mass is 10.2. The van der Waals surface area contributed by atoms with E-state index in [1.54, 1.807) is 0 Å². The van der Waals surface area contributed by atoms with E-state index in [9.17, 15) is 18.4 Å². The second kappa shape index (κ2) is 9.38. The first-order valence-electron chi connectivity index (χ1n) is 8.04. The van der Waals surface area contributed by atoms with Crippen molar-refractivity contribution in [1.82, 2.24) is 15.5 Å². The van der Waals surface area contributed by atoms with Gasteiger partial charge in [0.2, 0.25) is 11.0 Å². The Hall–Kier alpha value is -2.85. The van der Waals surface area contributed by atoms with Gasteiger partial charge in [0.15, 0.2) is 4.34 Å². The minimum atomic E-state index is -0.871. The molecule has 0 spiro atoms. The fourth-order valence-corrected chi connectivity index (χ4v) is 3.87. The number of halogens is 2. The molecule has 28 heavy (non-hydrogen) atoms. The summed E-state index contributed by atoms with van der Waals surface area (Å²) in [5.74, 6) is -2.30. The third-order valence-corrected chi connectivity index (χ3v) is 5.44. The molecule has 2 amide bonds. The highest BCUT2D eigenvalue weighted by Crippen LogP contribution is 2.28. The number of thioether (sulfide) groups is 1. The average molecular weight is 420 g/mol. The van der Waals surface area contributed by atoms with Gasteiger partial charge < -0.3 is 5.32 Å². The molecule has 0 fully saturated rings. The molecule has 0 bridgehead atoms. The molecule has 2 aromatic carbocycles. The number of benzene rings is 2. The number of rotatable bonds is 7. The molecule has 10 heteroatoms. The summed E-state index contributed by atoms with van der Waals surface area (Å²) in [5, 5.41) is 13.0. The van der Waals surface area contributed by atoms with Crippen LogP contribution in [0.3, 0.4) is 0 Å². The van der Waals surface area contributed by atoms with E-state index in [1.165, 1.54) is 23.1 Å². The van der Waals surface area contributed by atoms with E-state index >= 15 is 0 Å². The number of hydrogen-bond acceptors (Lipinski definition) is 6. The van der Waals surface area contributed by atoms with E-state index in [-0.39, 0.29) is 12.1 Å². The molecule has 0 radical (unpaired) electrons. The van der Waals surface area contributed by atoms with Gasteiger partial charge in [-0.05, 0) is 17.7 Å². The number of amides is 2. The van der Waals surface area contributed by atoms with Gasteiger partial charge in [-0.15, -0.1) is 10.2 Å². The summed E-state index contributed by atoms with van der Waals surface area (Å²) in [5.41, 5.74) is 0.936. The Labute approximate surface area is 167 Å². The third kappa shape index (κ3) is 5.83. The zero-order chi connectivity index (χ0) is 19.9. The van der Waals surface area contributed by atoms with Crippen LogP contribution in [0.1, 0.15) is 15.9 Å². The number of anilines is 1. The van der Waals surface area contributed by atoms with Crippen molar-refractivity contribution >= 4 is 40.0 Å². The van der Waals surface area contributed by atoms with E-state index in [0.717, 1.165) is 23.4 Å². The number of carbonyl (C=O) groups is 2. The summed E-state index contributed by atoms with van der Waals surface area (Å²) in [6.07, 6.45) is 0. The Morgan fingerprint density at radius 1 is 1.04 bits per heavy atom. The van der Waals surface area contributed by atoms with Crippen LogP contribution in [0.15, 0.2) is 52.9 Å². The van der Waals surface area contributed by atoms with E-state index in [0.29, 0.717) is 15.5 Å². The summed E-state index contributed by atoms with van der Waals surface area (Å²) in [4.78, 5) is 23.8. The van der Waals surface area contributed by atoms with Gasteiger partial charge in [-0.3, -0.25) is 14.9 Å². The molecule has 0 saturated heterocycles. The van der Waals surface area contributed by atoms with Gasteiger partial charge in [0.05, 0.1) is 6.54 Å². The highest BCUT2D eigenvalue weighted by atomic mass is 32.2. The number of carbonyl (C=O) groups excluding carboxylic acids is 2. The van der Waals surface area contributed by atoms with Crippen LogP contribution in [0, 0.1) is 11.6 Å². The summed E-state index contributed by atoms with van der Waals surface area (Å²) in [6, 6.07) is 12.3.